The molecule has 7 heteroatoms. The number of hydrogen-bond donors (Lipinski definition) is 2. The maximum Gasteiger partial charge on any atom is 0.243 e. The maximum absolute atomic E-state index is 12.4. The van der Waals surface area contributed by atoms with Crippen LogP contribution in [0.3, 0.4) is 0 Å². The first-order chi connectivity index (χ1) is 9.82. The van der Waals surface area contributed by atoms with Gasteiger partial charge in [-0.1, -0.05) is 18.8 Å². The van der Waals surface area contributed by atoms with Crippen LogP contribution in [0, 0.1) is 18.8 Å². The third-order valence-electron chi connectivity index (χ3n) is 2.85. The summed E-state index contributed by atoms with van der Waals surface area (Å²) in [5, 5.41) is 0. The predicted octanol–water partition coefficient (Wildman–Crippen LogP) is -0.199. The van der Waals surface area contributed by atoms with Crippen LogP contribution in [0.25, 0.3) is 0 Å². The molecule has 0 aliphatic rings. The molecule has 0 aromatic heterocycles. The van der Waals surface area contributed by atoms with Crippen molar-refractivity contribution in [2.45, 2.75) is 18.7 Å². The molecule has 6 nitrogen and oxygen atoms in total. The molecule has 21 heavy (non-hydrogen) atoms. The Hall–Kier alpha value is -1.88. The second kappa shape index (κ2) is 7.22. The van der Waals surface area contributed by atoms with E-state index in [1.807, 2.05) is 0 Å². The number of carbonyl (C=O) groups is 1. The summed E-state index contributed by atoms with van der Waals surface area (Å²) in [6.07, 6.45) is 0. The van der Waals surface area contributed by atoms with Crippen LogP contribution in [0.1, 0.15) is 18.1 Å². The maximum atomic E-state index is 12.4. The molecule has 1 aromatic rings. The minimum absolute atomic E-state index is 0.112. The van der Waals surface area contributed by atoms with Gasteiger partial charge in [0.15, 0.2) is 0 Å². The second-order valence-corrected chi connectivity index (χ2v) is 6.32. The standard InChI is InChI=1S/C14H19N3O3S/c1-3-17(10-14(16)18)21(19,20)13-7-6-12(5-4-8-15)11(2)9-13/h6-7,9H,3,8,10,15H2,1-2H3,(H2,16,18). The Labute approximate surface area is 125 Å². The molecular weight excluding hydrogens is 290 g/mol. The van der Waals surface area contributed by atoms with Gasteiger partial charge in [0.05, 0.1) is 18.0 Å². The monoisotopic (exact) mass is 309 g/mol. The Kier molecular flexibility index (Phi) is 5.90. The third kappa shape index (κ3) is 4.29. The summed E-state index contributed by atoms with van der Waals surface area (Å²) in [7, 11) is -3.75. The smallest absolute Gasteiger partial charge is 0.243 e. The van der Waals surface area contributed by atoms with Crippen molar-refractivity contribution in [1.82, 2.24) is 4.31 Å². The number of amides is 1. The quantitative estimate of drug-likeness (QED) is 0.735. The summed E-state index contributed by atoms with van der Waals surface area (Å²) in [4.78, 5) is 11.1. The predicted molar refractivity (Wildman–Crippen MR) is 80.7 cm³/mol. The molecule has 0 heterocycles. The highest BCUT2D eigenvalue weighted by molar-refractivity contribution is 7.89. The van der Waals surface area contributed by atoms with Crippen LogP contribution in [0.15, 0.2) is 23.1 Å². The Balaban J connectivity index is 3.20. The summed E-state index contributed by atoms with van der Waals surface area (Å²) in [6.45, 7) is 3.48. The Bertz CT molecular complexity index is 687. The Morgan fingerprint density at radius 1 is 1.38 bits per heavy atom. The van der Waals surface area contributed by atoms with E-state index in [0.29, 0.717) is 0 Å². The Morgan fingerprint density at radius 2 is 2.05 bits per heavy atom. The second-order valence-electron chi connectivity index (χ2n) is 4.38. The van der Waals surface area contributed by atoms with Crippen molar-refractivity contribution in [3.8, 4) is 11.8 Å². The summed E-state index contributed by atoms with van der Waals surface area (Å²) in [6, 6.07) is 4.62. The van der Waals surface area contributed by atoms with Gasteiger partial charge in [0.2, 0.25) is 15.9 Å². The first-order valence-electron chi connectivity index (χ1n) is 6.41. The summed E-state index contributed by atoms with van der Waals surface area (Å²) in [5.74, 6) is 4.90. The number of likely N-dealkylation sites (N-methyl/N-ethyl adjacent to an activating group) is 1. The van der Waals surface area contributed by atoms with E-state index in [4.69, 9.17) is 11.5 Å². The molecule has 0 aliphatic carbocycles. The van der Waals surface area contributed by atoms with Crippen molar-refractivity contribution in [3.63, 3.8) is 0 Å². The van der Waals surface area contributed by atoms with Gasteiger partial charge in [-0.2, -0.15) is 4.31 Å². The third-order valence-corrected chi connectivity index (χ3v) is 4.76. The van der Waals surface area contributed by atoms with Crippen LogP contribution >= 0.6 is 0 Å². The number of primary amides is 1. The van der Waals surface area contributed by atoms with Gasteiger partial charge in [-0.25, -0.2) is 8.42 Å². The SMILES string of the molecule is CCN(CC(N)=O)S(=O)(=O)c1ccc(C#CCN)c(C)c1. The molecule has 0 saturated heterocycles. The molecule has 0 radical (unpaired) electrons. The van der Waals surface area contributed by atoms with Gasteiger partial charge in [0.1, 0.15) is 0 Å². The van der Waals surface area contributed by atoms with Crippen molar-refractivity contribution >= 4 is 15.9 Å². The molecule has 0 fully saturated rings. The van der Waals surface area contributed by atoms with Gasteiger partial charge in [0.25, 0.3) is 0 Å². The van der Waals surface area contributed by atoms with Gasteiger partial charge < -0.3 is 11.5 Å². The molecule has 114 valence electrons. The van der Waals surface area contributed by atoms with Crippen LogP contribution in [-0.2, 0) is 14.8 Å². The highest BCUT2D eigenvalue weighted by Crippen LogP contribution is 2.19. The lowest BCUT2D eigenvalue weighted by molar-refractivity contribution is -0.118. The molecular formula is C14H19N3O3S. The number of hydrogen-bond acceptors (Lipinski definition) is 4. The first kappa shape index (κ1) is 17.2. The molecule has 0 spiro atoms. The number of nitrogens with two attached hydrogens (primary N) is 2. The lowest BCUT2D eigenvalue weighted by atomic mass is 10.1. The average molecular weight is 309 g/mol. The number of rotatable bonds is 5. The molecule has 0 atom stereocenters. The van der Waals surface area contributed by atoms with E-state index in [0.717, 1.165) is 15.4 Å². The fourth-order valence-corrected chi connectivity index (χ4v) is 3.27. The summed E-state index contributed by atoms with van der Waals surface area (Å²) < 4.78 is 25.9. The number of carbonyl (C=O) groups excluding carboxylic acids is 1. The fraction of sp³-hybridized carbons (Fsp3) is 0.357. The minimum atomic E-state index is -3.75. The van der Waals surface area contributed by atoms with Crippen LogP contribution in [0.2, 0.25) is 0 Å². The zero-order valence-corrected chi connectivity index (χ0v) is 12.9. The molecule has 0 saturated carbocycles. The van der Waals surface area contributed by atoms with Crippen molar-refractivity contribution < 1.29 is 13.2 Å². The van der Waals surface area contributed by atoms with Crippen molar-refractivity contribution in [2.24, 2.45) is 11.5 Å². The molecule has 0 bridgehead atoms. The largest absolute Gasteiger partial charge is 0.369 e. The van der Waals surface area contributed by atoms with Gasteiger partial charge in [-0.05, 0) is 30.7 Å². The number of benzene rings is 1. The van der Waals surface area contributed by atoms with Crippen molar-refractivity contribution in [2.75, 3.05) is 19.6 Å². The number of aryl methyl sites for hydroxylation is 1. The van der Waals surface area contributed by atoms with Crippen LogP contribution in [0.5, 0.6) is 0 Å². The van der Waals surface area contributed by atoms with Crippen molar-refractivity contribution in [3.05, 3.63) is 29.3 Å². The van der Waals surface area contributed by atoms with Gasteiger partial charge in [-0.15, -0.1) is 0 Å². The Morgan fingerprint density at radius 3 is 2.52 bits per heavy atom. The van der Waals surface area contributed by atoms with Gasteiger partial charge in [-0.3, -0.25) is 4.79 Å². The van der Waals surface area contributed by atoms with E-state index in [1.54, 1.807) is 19.9 Å². The first-order valence-corrected chi connectivity index (χ1v) is 7.85. The lowest BCUT2D eigenvalue weighted by Gasteiger charge is -2.19. The van der Waals surface area contributed by atoms with E-state index in [2.05, 4.69) is 11.8 Å². The molecule has 4 N–H and O–H groups in total. The van der Waals surface area contributed by atoms with Crippen LogP contribution in [-0.4, -0.2) is 38.3 Å². The molecule has 1 amide bonds. The molecule has 1 aromatic carbocycles. The van der Waals surface area contributed by atoms with E-state index in [1.165, 1.54) is 12.1 Å². The normalized spacial score (nSPS) is 11.0. The summed E-state index contributed by atoms with van der Waals surface area (Å²) >= 11 is 0. The van der Waals surface area contributed by atoms with E-state index >= 15 is 0 Å². The van der Waals surface area contributed by atoms with Crippen LogP contribution in [0.4, 0.5) is 0 Å². The molecule has 1 rings (SSSR count). The van der Waals surface area contributed by atoms with Gasteiger partial charge >= 0.3 is 0 Å². The molecule has 0 aliphatic heterocycles. The van der Waals surface area contributed by atoms with Crippen molar-refractivity contribution in [1.29, 1.82) is 0 Å². The summed E-state index contributed by atoms with van der Waals surface area (Å²) in [5.41, 5.74) is 11.8. The highest BCUT2D eigenvalue weighted by atomic mass is 32.2. The highest BCUT2D eigenvalue weighted by Gasteiger charge is 2.24. The number of sulfonamides is 1. The van der Waals surface area contributed by atoms with Gasteiger partial charge in [0, 0.05) is 12.1 Å². The molecule has 0 unspecified atom stereocenters. The zero-order valence-electron chi connectivity index (χ0n) is 12.1. The van der Waals surface area contributed by atoms with E-state index < -0.39 is 15.9 Å². The topological polar surface area (TPSA) is 106 Å². The minimum Gasteiger partial charge on any atom is -0.369 e. The average Bonchev–Trinajstić information content (AvgIpc) is 2.42. The lowest BCUT2D eigenvalue weighted by Crippen LogP contribution is -2.38. The zero-order chi connectivity index (χ0) is 16.0. The van der Waals surface area contributed by atoms with E-state index in [9.17, 15) is 13.2 Å². The van der Waals surface area contributed by atoms with E-state index in [-0.39, 0.29) is 24.5 Å². The fourth-order valence-electron chi connectivity index (χ4n) is 1.77. The number of nitrogens with zero attached hydrogens (tertiary/aromatic N) is 1. The van der Waals surface area contributed by atoms with Crippen LogP contribution < -0.4 is 11.5 Å².